The van der Waals surface area contributed by atoms with E-state index in [4.69, 9.17) is 16.3 Å². The number of alkyl halides is 2. The van der Waals surface area contributed by atoms with Crippen LogP contribution in [0.5, 0.6) is 0 Å². The zero-order valence-corrected chi connectivity index (χ0v) is 9.18. The largest absolute Gasteiger partial charge is 0.375 e. The number of hydrogen-bond donors (Lipinski definition) is 0. The molecule has 0 unspecified atom stereocenters. The molecule has 2 fully saturated rings. The molecule has 3 heteroatoms. The van der Waals surface area contributed by atoms with Gasteiger partial charge in [0.05, 0.1) is 18.1 Å². The summed E-state index contributed by atoms with van der Waals surface area (Å²) >= 11 is 5.93. The van der Waals surface area contributed by atoms with E-state index in [0.29, 0.717) is 12.3 Å². The van der Waals surface area contributed by atoms with Crippen molar-refractivity contribution in [1.29, 1.82) is 0 Å². The summed E-state index contributed by atoms with van der Waals surface area (Å²) in [6.45, 7) is 0.204. The second-order valence-electron chi connectivity index (χ2n) is 4.54. The van der Waals surface area contributed by atoms with Crippen LogP contribution >= 0.6 is 11.6 Å². The third-order valence-corrected chi connectivity index (χ3v) is 3.95. The van der Waals surface area contributed by atoms with Crippen LogP contribution in [0.1, 0.15) is 38.5 Å². The van der Waals surface area contributed by atoms with E-state index in [9.17, 15) is 4.39 Å². The first-order valence-corrected chi connectivity index (χ1v) is 6.11. The molecule has 1 nitrogen and oxygen atoms in total. The standard InChI is InChI=1S/C11H18ClFO/c12-9-6-11(14-7-10(9)13)8-4-2-1-3-5-8/h8-11H,1-7H2/t9-,10+,11-/m0/s1. The molecule has 0 aromatic carbocycles. The molecule has 0 bridgehead atoms. The Hall–Kier alpha value is 0.180. The molecule has 14 heavy (non-hydrogen) atoms. The minimum absolute atomic E-state index is 0.204. The average Bonchev–Trinajstić information content (AvgIpc) is 2.23. The molecule has 1 heterocycles. The Balaban J connectivity index is 1.85. The second kappa shape index (κ2) is 4.80. The van der Waals surface area contributed by atoms with E-state index in [1.165, 1.54) is 32.1 Å². The lowest BCUT2D eigenvalue weighted by molar-refractivity contribution is -0.0599. The fourth-order valence-corrected chi connectivity index (χ4v) is 2.84. The van der Waals surface area contributed by atoms with Gasteiger partial charge in [-0.1, -0.05) is 19.3 Å². The molecule has 0 spiro atoms. The van der Waals surface area contributed by atoms with Gasteiger partial charge in [-0.05, 0) is 25.2 Å². The minimum atomic E-state index is -0.962. The first-order valence-electron chi connectivity index (χ1n) is 5.67. The Morgan fingerprint density at radius 1 is 1.14 bits per heavy atom. The summed E-state index contributed by atoms with van der Waals surface area (Å²) in [6.07, 6.45) is 6.40. The normalized spacial score (nSPS) is 41.1. The van der Waals surface area contributed by atoms with Crippen LogP contribution in [0.3, 0.4) is 0 Å². The Labute approximate surface area is 90.0 Å². The van der Waals surface area contributed by atoms with Crippen molar-refractivity contribution in [1.82, 2.24) is 0 Å². The van der Waals surface area contributed by atoms with Gasteiger partial charge in [-0.25, -0.2) is 4.39 Å². The predicted molar refractivity (Wildman–Crippen MR) is 55.5 cm³/mol. The maximum absolute atomic E-state index is 13.1. The van der Waals surface area contributed by atoms with Crippen molar-refractivity contribution in [3.63, 3.8) is 0 Å². The predicted octanol–water partition coefficient (Wildman–Crippen LogP) is 3.30. The maximum Gasteiger partial charge on any atom is 0.140 e. The van der Waals surface area contributed by atoms with Gasteiger partial charge in [-0.2, -0.15) is 0 Å². The maximum atomic E-state index is 13.1. The van der Waals surface area contributed by atoms with Gasteiger partial charge in [0.25, 0.3) is 0 Å². The highest BCUT2D eigenvalue weighted by Crippen LogP contribution is 2.34. The molecule has 0 amide bonds. The SMILES string of the molecule is F[C@@H]1CO[C@H](C2CCCCC2)C[C@@H]1Cl. The highest BCUT2D eigenvalue weighted by molar-refractivity contribution is 6.21. The van der Waals surface area contributed by atoms with Crippen molar-refractivity contribution in [2.75, 3.05) is 6.61 Å². The molecule has 2 rings (SSSR count). The molecule has 0 radical (unpaired) electrons. The van der Waals surface area contributed by atoms with Gasteiger partial charge in [0.2, 0.25) is 0 Å². The lowest BCUT2D eigenvalue weighted by Crippen LogP contribution is -2.40. The molecule has 2 aliphatic rings. The Morgan fingerprint density at radius 2 is 1.86 bits per heavy atom. The van der Waals surface area contributed by atoms with Crippen LogP contribution < -0.4 is 0 Å². The first-order chi connectivity index (χ1) is 6.77. The number of hydrogen-bond acceptors (Lipinski definition) is 1. The lowest BCUT2D eigenvalue weighted by Gasteiger charge is -2.36. The zero-order valence-electron chi connectivity index (χ0n) is 8.42. The van der Waals surface area contributed by atoms with Gasteiger partial charge in [-0.15, -0.1) is 11.6 Å². The van der Waals surface area contributed by atoms with E-state index >= 15 is 0 Å². The molecule has 82 valence electrons. The number of ether oxygens (including phenoxy) is 1. The molecular weight excluding hydrogens is 203 g/mol. The lowest BCUT2D eigenvalue weighted by atomic mass is 9.82. The fraction of sp³-hybridized carbons (Fsp3) is 1.00. The van der Waals surface area contributed by atoms with E-state index in [0.717, 1.165) is 0 Å². The summed E-state index contributed by atoms with van der Waals surface area (Å²) in [5, 5.41) is -0.323. The molecule has 0 N–H and O–H groups in total. The van der Waals surface area contributed by atoms with Gasteiger partial charge in [0.15, 0.2) is 0 Å². The average molecular weight is 221 g/mol. The van der Waals surface area contributed by atoms with Gasteiger partial charge >= 0.3 is 0 Å². The Kier molecular flexibility index (Phi) is 3.67. The van der Waals surface area contributed by atoms with Crippen molar-refractivity contribution >= 4 is 11.6 Å². The molecule has 0 aromatic rings. The summed E-state index contributed by atoms with van der Waals surface area (Å²) in [7, 11) is 0. The molecule has 3 atom stereocenters. The zero-order chi connectivity index (χ0) is 9.97. The summed E-state index contributed by atoms with van der Waals surface area (Å²) in [4.78, 5) is 0. The van der Waals surface area contributed by atoms with Crippen molar-refractivity contribution in [2.45, 2.75) is 56.2 Å². The van der Waals surface area contributed by atoms with E-state index < -0.39 is 6.17 Å². The molecular formula is C11H18ClFO. The van der Waals surface area contributed by atoms with Gasteiger partial charge in [0, 0.05) is 0 Å². The quantitative estimate of drug-likeness (QED) is 0.617. The fourth-order valence-electron chi connectivity index (χ4n) is 2.59. The van der Waals surface area contributed by atoms with Crippen molar-refractivity contribution in [3.8, 4) is 0 Å². The third-order valence-electron chi connectivity index (χ3n) is 3.50. The molecule has 1 saturated heterocycles. The minimum Gasteiger partial charge on any atom is -0.375 e. The van der Waals surface area contributed by atoms with E-state index in [1.54, 1.807) is 0 Å². The topological polar surface area (TPSA) is 9.23 Å². The van der Waals surface area contributed by atoms with Gasteiger partial charge in [-0.3, -0.25) is 0 Å². The van der Waals surface area contributed by atoms with Gasteiger partial charge in [0.1, 0.15) is 6.17 Å². The van der Waals surface area contributed by atoms with Crippen LogP contribution in [0.4, 0.5) is 4.39 Å². The highest BCUT2D eigenvalue weighted by atomic mass is 35.5. The van der Waals surface area contributed by atoms with Crippen LogP contribution in [0.15, 0.2) is 0 Å². The summed E-state index contributed by atoms with van der Waals surface area (Å²) < 4.78 is 18.6. The third kappa shape index (κ3) is 2.40. The molecule has 1 aliphatic heterocycles. The van der Waals surface area contributed by atoms with Crippen molar-refractivity contribution < 1.29 is 9.13 Å². The molecule has 0 aromatic heterocycles. The molecule has 1 saturated carbocycles. The Morgan fingerprint density at radius 3 is 2.50 bits per heavy atom. The van der Waals surface area contributed by atoms with Crippen molar-refractivity contribution in [3.05, 3.63) is 0 Å². The summed E-state index contributed by atoms with van der Waals surface area (Å²) in [5.41, 5.74) is 0. The smallest absolute Gasteiger partial charge is 0.140 e. The van der Waals surface area contributed by atoms with Crippen molar-refractivity contribution in [2.24, 2.45) is 5.92 Å². The summed E-state index contributed by atoms with van der Waals surface area (Å²) in [5.74, 6) is 0.637. The second-order valence-corrected chi connectivity index (χ2v) is 5.10. The van der Waals surface area contributed by atoms with Crippen LogP contribution in [0.2, 0.25) is 0 Å². The van der Waals surface area contributed by atoms with E-state index in [1.807, 2.05) is 0 Å². The number of halogens is 2. The molecule has 1 aliphatic carbocycles. The van der Waals surface area contributed by atoms with Gasteiger partial charge < -0.3 is 4.74 Å². The first kappa shape index (κ1) is 10.7. The Bertz CT molecular complexity index is 182. The van der Waals surface area contributed by atoms with E-state index in [-0.39, 0.29) is 18.1 Å². The van der Waals surface area contributed by atoms with E-state index in [2.05, 4.69) is 0 Å². The van der Waals surface area contributed by atoms with Crippen LogP contribution in [0, 0.1) is 5.92 Å². The summed E-state index contributed by atoms with van der Waals surface area (Å²) in [6, 6.07) is 0. The van der Waals surface area contributed by atoms with Crippen LogP contribution in [-0.2, 0) is 4.74 Å². The number of rotatable bonds is 1. The highest BCUT2D eigenvalue weighted by Gasteiger charge is 2.34. The van der Waals surface area contributed by atoms with Crippen LogP contribution in [0.25, 0.3) is 0 Å². The monoisotopic (exact) mass is 220 g/mol. The van der Waals surface area contributed by atoms with Crippen LogP contribution in [-0.4, -0.2) is 24.3 Å².